The maximum absolute atomic E-state index is 13.7. The lowest BCUT2D eigenvalue weighted by atomic mass is 10.1. The van der Waals surface area contributed by atoms with Gasteiger partial charge >= 0.3 is 0 Å². The van der Waals surface area contributed by atoms with Gasteiger partial charge in [0.1, 0.15) is 11.6 Å². The monoisotopic (exact) mass is 282 g/mol. The third-order valence-corrected chi connectivity index (χ3v) is 3.35. The normalized spacial score (nSPS) is 12.3. The molecule has 2 aromatic carbocycles. The number of aryl methyl sites for hydroxylation is 1. The van der Waals surface area contributed by atoms with Crippen molar-refractivity contribution in [2.24, 2.45) is 5.73 Å². The van der Waals surface area contributed by atoms with Gasteiger partial charge in [-0.05, 0) is 24.6 Å². The van der Waals surface area contributed by atoms with E-state index in [1.807, 2.05) is 31.2 Å². The molecule has 0 aliphatic rings. The van der Waals surface area contributed by atoms with Crippen LogP contribution in [0.2, 0.25) is 0 Å². The molecule has 0 aliphatic carbocycles. The second-order valence-electron chi connectivity index (χ2n) is 4.91. The summed E-state index contributed by atoms with van der Waals surface area (Å²) < 4.78 is 13.7. The highest BCUT2D eigenvalue weighted by Crippen LogP contribution is 2.22. The second kappa shape index (κ2) is 5.46. The first-order valence-electron chi connectivity index (χ1n) is 6.64. The molecule has 0 aliphatic heterocycles. The average molecular weight is 282 g/mol. The molecule has 0 amide bonds. The zero-order chi connectivity index (χ0) is 14.8. The van der Waals surface area contributed by atoms with Gasteiger partial charge in [-0.1, -0.05) is 42.0 Å². The summed E-state index contributed by atoms with van der Waals surface area (Å²) in [6.45, 7) is 2.01. The van der Waals surface area contributed by atoms with E-state index in [1.165, 1.54) is 6.07 Å². The Labute approximate surface area is 121 Å². The van der Waals surface area contributed by atoms with Crippen LogP contribution in [0.25, 0.3) is 11.4 Å². The lowest BCUT2D eigenvalue weighted by Gasteiger charge is -2.08. The van der Waals surface area contributed by atoms with Crippen molar-refractivity contribution in [2.45, 2.75) is 13.0 Å². The quantitative estimate of drug-likeness (QED) is 0.776. The van der Waals surface area contributed by atoms with Crippen molar-refractivity contribution in [3.05, 3.63) is 71.3 Å². The molecule has 3 aromatic rings. The molecule has 1 heterocycles. The number of nitrogens with one attached hydrogen (secondary N) is 1. The first kappa shape index (κ1) is 13.5. The third-order valence-electron chi connectivity index (χ3n) is 3.35. The molecule has 3 N–H and O–H groups in total. The van der Waals surface area contributed by atoms with Gasteiger partial charge in [-0.2, -0.15) is 5.10 Å². The summed E-state index contributed by atoms with van der Waals surface area (Å²) in [5.41, 5.74) is 8.62. The van der Waals surface area contributed by atoms with Crippen LogP contribution >= 0.6 is 0 Å². The van der Waals surface area contributed by atoms with Gasteiger partial charge in [-0.25, -0.2) is 9.37 Å². The van der Waals surface area contributed by atoms with Crippen LogP contribution in [-0.2, 0) is 0 Å². The van der Waals surface area contributed by atoms with Gasteiger partial charge in [0, 0.05) is 0 Å². The molecule has 1 atom stereocenters. The van der Waals surface area contributed by atoms with E-state index in [-0.39, 0.29) is 5.82 Å². The fourth-order valence-electron chi connectivity index (χ4n) is 2.11. The number of aromatic nitrogens is 3. The molecule has 0 saturated carbocycles. The smallest absolute Gasteiger partial charge is 0.184 e. The Morgan fingerprint density at radius 3 is 2.52 bits per heavy atom. The number of hydrogen-bond donors (Lipinski definition) is 2. The van der Waals surface area contributed by atoms with Crippen LogP contribution in [0.4, 0.5) is 4.39 Å². The van der Waals surface area contributed by atoms with Crippen molar-refractivity contribution in [3.63, 3.8) is 0 Å². The van der Waals surface area contributed by atoms with Crippen LogP contribution in [-0.4, -0.2) is 15.2 Å². The van der Waals surface area contributed by atoms with Crippen LogP contribution in [0.1, 0.15) is 23.0 Å². The lowest BCUT2D eigenvalue weighted by Crippen LogP contribution is -2.13. The lowest BCUT2D eigenvalue weighted by molar-refractivity contribution is 0.630. The van der Waals surface area contributed by atoms with Gasteiger partial charge in [0.25, 0.3) is 0 Å². The van der Waals surface area contributed by atoms with Gasteiger partial charge in [0.05, 0.1) is 11.6 Å². The van der Waals surface area contributed by atoms with E-state index in [2.05, 4.69) is 15.2 Å². The Balaban J connectivity index is 1.91. The summed E-state index contributed by atoms with van der Waals surface area (Å²) in [5, 5.41) is 6.85. The van der Waals surface area contributed by atoms with E-state index in [0.717, 1.165) is 11.1 Å². The third kappa shape index (κ3) is 2.68. The number of nitrogens with zero attached hydrogens (tertiary/aromatic N) is 2. The Kier molecular flexibility index (Phi) is 3.50. The Hall–Kier alpha value is -2.53. The van der Waals surface area contributed by atoms with E-state index in [0.29, 0.717) is 17.2 Å². The highest BCUT2D eigenvalue weighted by molar-refractivity contribution is 5.55. The van der Waals surface area contributed by atoms with Gasteiger partial charge in [-0.3, -0.25) is 5.10 Å². The fraction of sp³-hybridized carbons (Fsp3) is 0.125. The summed E-state index contributed by atoms with van der Waals surface area (Å²) in [6.07, 6.45) is 0. The summed E-state index contributed by atoms with van der Waals surface area (Å²) in [5.74, 6) is 0.467. The maximum Gasteiger partial charge on any atom is 0.184 e. The van der Waals surface area contributed by atoms with Crippen molar-refractivity contribution in [2.75, 3.05) is 0 Å². The number of H-pyrrole nitrogens is 1. The minimum absolute atomic E-state index is 0.311. The Morgan fingerprint density at radius 1 is 1.10 bits per heavy atom. The molecule has 0 bridgehead atoms. The molecule has 4 nitrogen and oxygen atoms in total. The summed E-state index contributed by atoms with van der Waals surface area (Å²) in [7, 11) is 0. The van der Waals surface area contributed by atoms with Crippen molar-refractivity contribution in [1.82, 2.24) is 15.2 Å². The van der Waals surface area contributed by atoms with Gasteiger partial charge in [0.2, 0.25) is 0 Å². The first-order chi connectivity index (χ1) is 10.1. The second-order valence-corrected chi connectivity index (χ2v) is 4.91. The van der Waals surface area contributed by atoms with Crippen molar-refractivity contribution >= 4 is 0 Å². The molecule has 1 aromatic heterocycles. The standard InChI is InChI=1S/C16H15FN4/c1-10-6-8-11(9-7-10)14(18)16-19-15(20-21-16)12-4-2-3-5-13(12)17/h2-9,14H,18H2,1H3,(H,19,20,21). The van der Waals surface area contributed by atoms with Crippen LogP contribution < -0.4 is 5.73 Å². The van der Waals surface area contributed by atoms with Gasteiger partial charge < -0.3 is 5.73 Å². The molecule has 106 valence electrons. The minimum atomic E-state index is -0.418. The largest absolute Gasteiger partial charge is 0.318 e. The summed E-state index contributed by atoms with van der Waals surface area (Å²) >= 11 is 0. The topological polar surface area (TPSA) is 67.6 Å². The van der Waals surface area contributed by atoms with Crippen LogP contribution in [0.5, 0.6) is 0 Å². The number of nitrogens with two attached hydrogens (primary N) is 1. The molecular formula is C16H15FN4. The number of rotatable bonds is 3. The Bertz CT molecular complexity index is 749. The maximum atomic E-state index is 13.7. The molecule has 0 radical (unpaired) electrons. The van der Waals surface area contributed by atoms with Crippen molar-refractivity contribution in [1.29, 1.82) is 0 Å². The summed E-state index contributed by atoms with van der Waals surface area (Å²) in [4.78, 5) is 4.31. The molecule has 5 heteroatoms. The van der Waals surface area contributed by atoms with Crippen LogP contribution in [0.3, 0.4) is 0 Å². The summed E-state index contributed by atoms with van der Waals surface area (Å²) in [6, 6.07) is 13.9. The van der Waals surface area contributed by atoms with Crippen LogP contribution in [0, 0.1) is 12.7 Å². The highest BCUT2D eigenvalue weighted by Gasteiger charge is 2.16. The first-order valence-corrected chi connectivity index (χ1v) is 6.64. The molecule has 3 rings (SSSR count). The van der Waals surface area contributed by atoms with E-state index in [9.17, 15) is 4.39 Å². The number of hydrogen-bond acceptors (Lipinski definition) is 3. The van der Waals surface area contributed by atoms with Gasteiger partial charge in [-0.15, -0.1) is 0 Å². The van der Waals surface area contributed by atoms with Crippen molar-refractivity contribution < 1.29 is 4.39 Å². The molecule has 1 unspecified atom stereocenters. The number of benzene rings is 2. The zero-order valence-corrected chi connectivity index (χ0v) is 11.5. The number of aromatic amines is 1. The average Bonchev–Trinajstić information content (AvgIpc) is 2.97. The predicted octanol–water partition coefficient (Wildman–Crippen LogP) is 2.97. The minimum Gasteiger partial charge on any atom is -0.318 e. The molecule has 21 heavy (non-hydrogen) atoms. The van der Waals surface area contributed by atoms with E-state index in [1.54, 1.807) is 18.2 Å². The highest BCUT2D eigenvalue weighted by atomic mass is 19.1. The number of halogens is 1. The molecule has 0 saturated heterocycles. The van der Waals surface area contributed by atoms with Crippen molar-refractivity contribution in [3.8, 4) is 11.4 Å². The van der Waals surface area contributed by atoms with E-state index in [4.69, 9.17) is 5.73 Å². The molecule has 0 fully saturated rings. The van der Waals surface area contributed by atoms with Crippen LogP contribution in [0.15, 0.2) is 48.5 Å². The van der Waals surface area contributed by atoms with Gasteiger partial charge in [0.15, 0.2) is 5.82 Å². The fourth-order valence-corrected chi connectivity index (χ4v) is 2.11. The Morgan fingerprint density at radius 2 is 1.81 bits per heavy atom. The molecule has 0 spiro atoms. The predicted molar refractivity (Wildman–Crippen MR) is 79.0 cm³/mol. The van der Waals surface area contributed by atoms with E-state index < -0.39 is 6.04 Å². The molecular weight excluding hydrogens is 267 g/mol. The van der Waals surface area contributed by atoms with E-state index >= 15 is 0 Å². The zero-order valence-electron chi connectivity index (χ0n) is 11.5. The SMILES string of the molecule is Cc1ccc(C(N)c2nc(-c3ccccc3F)n[nH]2)cc1.